The van der Waals surface area contributed by atoms with Crippen molar-refractivity contribution < 1.29 is 14.3 Å². The maximum atomic E-state index is 13.0. The van der Waals surface area contributed by atoms with E-state index in [1.54, 1.807) is 13.1 Å². The number of anilines is 1. The molecule has 1 heterocycles. The van der Waals surface area contributed by atoms with Crippen molar-refractivity contribution in [1.82, 2.24) is 9.78 Å². The quantitative estimate of drug-likeness (QED) is 0.429. The van der Waals surface area contributed by atoms with Crippen molar-refractivity contribution in [1.29, 1.82) is 0 Å². The molecule has 0 atom stereocenters. The highest BCUT2D eigenvalue weighted by atomic mass is 16.5. The van der Waals surface area contributed by atoms with Crippen molar-refractivity contribution in [2.75, 3.05) is 12.4 Å². The normalized spacial score (nSPS) is 11.1. The summed E-state index contributed by atoms with van der Waals surface area (Å²) in [4.78, 5) is 25.0. The SMILES string of the molecule is COC(=O)c1c(NC(=O)/C(=C\c2ccccc2)c2ccccc2)cnn1C. The fourth-order valence-electron chi connectivity index (χ4n) is 2.67. The van der Waals surface area contributed by atoms with Gasteiger partial charge < -0.3 is 10.1 Å². The first-order valence-corrected chi connectivity index (χ1v) is 8.34. The van der Waals surface area contributed by atoms with Crippen LogP contribution < -0.4 is 5.32 Å². The molecule has 1 N–H and O–H groups in total. The molecular formula is C21H19N3O3. The summed E-state index contributed by atoms with van der Waals surface area (Å²) in [6.45, 7) is 0. The van der Waals surface area contributed by atoms with Gasteiger partial charge in [0.15, 0.2) is 5.69 Å². The van der Waals surface area contributed by atoms with Crippen LogP contribution in [0.4, 0.5) is 5.69 Å². The van der Waals surface area contributed by atoms with Crippen molar-refractivity contribution in [3.8, 4) is 0 Å². The van der Waals surface area contributed by atoms with Gasteiger partial charge in [-0.15, -0.1) is 0 Å². The maximum absolute atomic E-state index is 13.0. The predicted molar refractivity (Wildman–Crippen MR) is 104 cm³/mol. The number of esters is 1. The Morgan fingerprint density at radius 1 is 1.04 bits per heavy atom. The Kier molecular flexibility index (Phi) is 5.47. The molecule has 136 valence electrons. The molecule has 0 fully saturated rings. The van der Waals surface area contributed by atoms with Gasteiger partial charge in [0.2, 0.25) is 0 Å². The number of rotatable bonds is 5. The lowest BCUT2D eigenvalue weighted by molar-refractivity contribution is -0.111. The van der Waals surface area contributed by atoms with E-state index < -0.39 is 5.97 Å². The molecule has 0 aliphatic heterocycles. The van der Waals surface area contributed by atoms with E-state index in [2.05, 4.69) is 10.4 Å². The molecule has 0 aliphatic rings. The predicted octanol–water partition coefficient (Wildman–Crippen LogP) is 3.39. The number of benzene rings is 2. The smallest absolute Gasteiger partial charge is 0.358 e. The Morgan fingerprint density at radius 2 is 1.67 bits per heavy atom. The zero-order chi connectivity index (χ0) is 19.2. The lowest BCUT2D eigenvalue weighted by Crippen LogP contribution is -2.17. The molecule has 0 aliphatic carbocycles. The highest BCUT2D eigenvalue weighted by Gasteiger charge is 2.21. The average Bonchev–Trinajstić information content (AvgIpc) is 3.07. The van der Waals surface area contributed by atoms with Crippen molar-refractivity contribution in [2.45, 2.75) is 0 Å². The Bertz CT molecular complexity index is 976. The fraction of sp³-hybridized carbons (Fsp3) is 0.0952. The van der Waals surface area contributed by atoms with E-state index in [0.717, 1.165) is 11.1 Å². The second-order valence-electron chi connectivity index (χ2n) is 5.81. The Balaban J connectivity index is 1.98. The van der Waals surface area contributed by atoms with Crippen LogP contribution in [0.5, 0.6) is 0 Å². The van der Waals surface area contributed by atoms with Gasteiger partial charge in [-0.05, 0) is 17.2 Å². The van der Waals surface area contributed by atoms with E-state index in [9.17, 15) is 9.59 Å². The molecule has 0 saturated carbocycles. The Hall–Kier alpha value is -3.67. The minimum atomic E-state index is -0.571. The third-order valence-corrected chi connectivity index (χ3v) is 4.01. The number of carbonyl (C=O) groups is 2. The lowest BCUT2D eigenvalue weighted by atomic mass is 10.0. The summed E-state index contributed by atoms with van der Waals surface area (Å²) < 4.78 is 6.14. The molecule has 27 heavy (non-hydrogen) atoms. The van der Waals surface area contributed by atoms with Gasteiger partial charge in [-0.3, -0.25) is 9.48 Å². The third kappa shape index (κ3) is 4.12. The molecule has 0 spiro atoms. The monoisotopic (exact) mass is 361 g/mol. The highest BCUT2D eigenvalue weighted by molar-refractivity contribution is 6.29. The second kappa shape index (κ2) is 8.14. The topological polar surface area (TPSA) is 73.2 Å². The maximum Gasteiger partial charge on any atom is 0.358 e. The van der Waals surface area contributed by atoms with Gasteiger partial charge in [-0.2, -0.15) is 5.10 Å². The van der Waals surface area contributed by atoms with E-state index in [1.807, 2.05) is 60.7 Å². The van der Waals surface area contributed by atoms with Gasteiger partial charge in [-0.25, -0.2) is 4.79 Å². The van der Waals surface area contributed by atoms with Crippen LogP contribution >= 0.6 is 0 Å². The van der Waals surface area contributed by atoms with Crippen molar-refractivity contribution in [2.24, 2.45) is 7.05 Å². The van der Waals surface area contributed by atoms with Crippen molar-refractivity contribution in [3.05, 3.63) is 83.7 Å². The average molecular weight is 361 g/mol. The summed E-state index contributed by atoms with van der Waals surface area (Å²) in [5, 5.41) is 6.81. The highest BCUT2D eigenvalue weighted by Crippen LogP contribution is 2.22. The largest absolute Gasteiger partial charge is 0.464 e. The number of methoxy groups -OCH3 is 1. The zero-order valence-electron chi connectivity index (χ0n) is 15.0. The van der Waals surface area contributed by atoms with E-state index >= 15 is 0 Å². The number of hydrogen-bond donors (Lipinski definition) is 1. The summed E-state index contributed by atoms with van der Waals surface area (Å²) in [5.41, 5.74) is 2.61. The summed E-state index contributed by atoms with van der Waals surface area (Å²) >= 11 is 0. The van der Waals surface area contributed by atoms with E-state index in [4.69, 9.17) is 4.74 Å². The molecule has 0 radical (unpaired) electrons. The van der Waals surface area contributed by atoms with Crippen LogP contribution in [0.25, 0.3) is 11.6 Å². The van der Waals surface area contributed by atoms with Crippen molar-refractivity contribution in [3.63, 3.8) is 0 Å². The van der Waals surface area contributed by atoms with E-state index in [1.165, 1.54) is 18.0 Å². The molecular weight excluding hydrogens is 342 g/mol. The summed E-state index contributed by atoms with van der Waals surface area (Å²) in [5.74, 6) is -0.915. The van der Waals surface area contributed by atoms with Crippen LogP contribution in [-0.2, 0) is 16.6 Å². The minimum Gasteiger partial charge on any atom is -0.464 e. The summed E-state index contributed by atoms with van der Waals surface area (Å²) in [6.07, 6.45) is 3.23. The molecule has 3 aromatic rings. The Labute approximate surface area is 157 Å². The van der Waals surface area contributed by atoms with Crippen LogP contribution in [0.1, 0.15) is 21.6 Å². The first kappa shape index (κ1) is 18.1. The Morgan fingerprint density at radius 3 is 2.30 bits per heavy atom. The van der Waals surface area contributed by atoms with Gasteiger partial charge in [0.25, 0.3) is 5.91 Å². The van der Waals surface area contributed by atoms with Gasteiger partial charge in [-0.1, -0.05) is 60.7 Å². The molecule has 0 unspecified atom stereocenters. The molecule has 1 aromatic heterocycles. The second-order valence-corrected chi connectivity index (χ2v) is 5.81. The fourth-order valence-corrected chi connectivity index (χ4v) is 2.67. The number of nitrogens with zero attached hydrogens (tertiary/aromatic N) is 2. The third-order valence-electron chi connectivity index (χ3n) is 4.01. The van der Waals surface area contributed by atoms with E-state index in [-0.39, 0.29) is 11.6 Å². The van der Waals surface area contributed by atoms with Crippen LogP contribution in [0.2, 0.25) is 0 Å². The first-order chi connectivity index (χ1) is 13.1. The van der Waals surface area contributed by atoms with E-state index in [0.29, 0.717) is 11.3 Å². The lowest BCUT2D eigenvalue weighted by Gasteiger charge is -2.10. The van der Waals surface area contributed by atoms with Crippen molar-refractivity contribution >= 4 is 29.2 Å². The summed E-state index contributed by atoms with van der Waals surface area (Å²) in [6, 6.07) is 18.9. The summed E-state index contributed by atoms with van der Waals surface area (Å²) in [7, 11) is 2.89. The molecule has 6 heteroatoms. The minimum absolute atomic E-state index is 0.179. The first-order valence-electron chi connectivity index (χ1n) is 8.34. The molecule has 6 nitrogen and oxygen atoms in total. The number of aryl methyl sites for hydroxylation is 1. The number of ether oxygens (including phenoxy) is 1. The standard InChI is InChI=1S/C21H19N3O3/c1-24-19(21(26)27-2)18(14-22-24)23-20(25)17(16-11-7-4-8-12-16)13-15-9-5-3-6-10-15/h3-14H,1-2H3,(H,23,25)/b17-13-. The number of hydrogen-bond acceptors (Lipinski definition) is 4. The molecule has 0 saturated heterocycles. The zero-order valence-corrected chi connectivity index (χ0v) is 15.0. The molecule has 3 rings (SSSR count). The molecule has 0 bridgehead atoms. The van der Waals surface area contributed by atoms with Gasteiger partial charge >= 0.3 is 5.97 Å². The number of nitrogens with one attached hydrogen (secondary N) is 1. The number of carbonyl (C=O) groups excluding carboxylic acids is 2. The number of amides is 1. The van der Waals surface area contributed by atoms with Crippen LogP contribution in [0, 0.1) is 0 Å². The van der Waals surface area contributed by atoms with Gasteiger partial charge in [0.1, 0.15) is 0 Å². The number of aromatic nitrogens is 2. The molecule has 1 amide bonds. The van der Waals surface area contributed by atoms with Crippen LogP contribution in [0.3, 0.4) is 0 Å². The van der Waals surface area contributed by atoms with Crippen LogP contribution in [-0.4, -0.2) is 28.8 Å². The van der Waals surface area contributed by atoms with Gasteiger partial charge in [0.05, 0.1) is 19.0 Å². The van der Waals surface area contributed by atoms with Crippen LogP contribution in [0.15, 0.2) is 66.9 Å². The molecule has 2 aromatic carbocycles. The van der Waals surface area contributed by atoms with Gasteiger partial charge in [0, 0.05) is 12.6 Å².